The summed E-state index contributed by atoms with van der Waals surface area (Å²) in [6.07, 6.45) is 0.794. The number of carbonyl (C=O) groups excluding carboxylic acids is 1. The lowest BCUT2D eigenvalue weighted by Crippen LogP contribution is -2.43. The van der Waals surface area contributed by atoms with Crippen molar-refractivity contribution in [2.75, 3.05) is 13.1 Å². The summed E-state index contributed by atoms with van der Waals surface area (Å²) in [6, 6.07) is 11.1. The smallest absolute Gasteiger partial charge is 0.257 e. The van der Waals surface area contributed by atoms with E-state index in [0.717, 1.165) is 11.8 Å². The zero-order chi connectivity index (χ0) is 15.0. The first-order chi connectivity index (χ1) is 10.1. The molecule has 21 heavy (non-hydrogen) atoms. The molecule has 0 saturated carbocycles. The van der Waals surface area contributed by atoms with Gasteiger partial charge in [0.1, 0.15) is 5.75 Å². The monoisotopic (exact) mass is 303 g/mol. The topological polar surface area (TPSA) is 40.5 Å². The first kappa shape index (κ1) is 14.2. The van der Waals surface area contributed by atoms with E-state index < -0.39 is 0 Å². The number of hydrogen-bond donors (Lipinski definition) is 1. The quantitative estimate of drug-likeness (QED) is 0.817. The van der Waals surface area contributed by atoms with Gasteiger partial charge < -0.3 is 10.0 Å². The summed E-state index contributed by atoms with van der Waals surface area (Å²) >= 11 is 6.21. The lowest BCUT2D eigenvalue weighted by atomic mass is 9.98. The molecule has 4 heteroatoms. The fourth-order valence-corrected chi connectivity index (χ4v) is 3.08. The number of hydrogen-bond acceptors (Lipinski definition) is 2. The number of nitrogens with zero attached hydrogens (tertiary/aromatic N) is 1. The molecule has 1 saturated heterocycles. The highest BCUT2D eigenvalue weighted by molar-refractivity contribution is 6.20. The molecule has 1 heterocycles. The third-order valence-corrected chi connectivity index (χ3v) is 4.87. The van der Waals surface area contributed by atoms with Crippen LogP contribution < -0.4 is 0 Å². The molecule has 2 aromatic carbocycles. The molecule has 0 aliphatic carbocycles. The number of phenolic OH excluding ortho intramolecular Hbond substituents is 1. The van der Waals surface area contributed by atoms with Gasteiger partial charge in [0.2, 0.25) is 0 Å². The maximum absolute atomic E-state index is 12.6. The van der Waals surface area contributed by atoms with Crippen molar-refractivity contribution in [1.29, 1.82) is 0 Å². The van der Waals surface area contributed by atoms with E-state index in [1.165, 1.54) is 0 Å². The molecule has 1 aliphatic rings. The Kier molecular flexibility index (Phi) is 3.77. The average Bonchev–Trinajstić information content (AvgIpc) is 2.50. The van der Waals surface area contributed by atoms with Gasteiger partial charge in [-0.2, -0.15) is 0 Å². The van der Waals surface area contributed by atoms with Crippen molar-refractivity contribution in [2.45, 2.75) is 18.7 Å². The van der Waals surface area contributed by atoms with E-state index >= 15 is 0 Å². The molecule has 2 atom stereocenters. The molecule has 0 aromatic heterocycles. The molecular weight excluding hydrogens is 286 g/mol. The highest BCUT2D eigenvalue weighted by Crippen LogP contribution is 2.31. The van der Waals surface area contributed by atoms with Crippen LogP contribution in [-0.2, 0) is 0 Å². The van der Waals surface area contributed by atoms with Gasteiger partial charge in [0.25, 0.3) is 5.91 Å². The lowest BCUT2D eigenvalue weighted by molar-refractivity contribution is 0.0684. The Morgan fingerprint density at radius 2 is 2.05 bits per heavy atom. The molecule has 2 unspecified atom stereocenters. The number of likely N-dealkylation sites (tertiary alicyclic amines) is 1. The van der Waals surface area contributed by atoms with Crippen molar-refractivity contribution in [3.63, 3.8) is 0 Å². The van der Waals surface area contributed by atoms with E-state index in [4.69, 9.17) is 11.6 Å². The van der Waals surface area contributed by atoms with Crippen LogP contribution in [0.3, 0.4) is 0 Å². The summed E-state index contributed by atoms with van der Waals surface area (Å²) in [5.74, 6) is 0.222. The van der Waals surface area contributed by atoms with E-state index in [-0.39, 0.29) is 23.0 Å². The summed E-state index contributed by atoms with van der Waals surface area (Å²) in [4.78, 5) is 14.4. The van der Waals surface area contributed by atoms with Crippen LogP contribution in [0.5, 0.6) is 5.75 Å². The summed E-state index contributed by atoms with van der Waals surface area (Å²) < 4.78 is 0. The van der Waals surface area contributed by atoms with E-state index in [9.17, 15) is 9.90 Å². The zero-order valence-electron chi connectivity index (χ0n) is 11.9. The maximum atomic E-state index is 12.6. The van der Waals surface area contributed by atoms with Crippen LogP contribution in [0.15, 0.2) is 36.4 Å². The first-order valence-electron chi connectivity index (χ1n) is 7.22. The fraction of sp³-hybridized carbons (Fsp3) is 0.353. The first-order valence-corrected chi connectivity index (χ1v) is 7.65. The minimum atomic E-state index is -0.117. The van der Waals surface area contributed by atoms with Crippen LogP contribution in [0.25, 0.3) is 10.8 Å². The number of alkyl halides is 1. The summed E-state index contributed by atoms with van der Waals surface area (Å²) in [5.41, 5.74) is 0.369. The predicted octanol–water partition coefficient (Wildman–Crippen LogP) is 3.63. The van der Waals surface area contributed by atoms with Crippen LogP contribution in [0.2, 0.25) is 0 Å². The number of piperidine rings is 1. The van der Waals surface area contributed by atoms with Gasteiger partial charge in [-0.05, 0) is 23.8 Å². The van der Waals surface area contributed by atoms with Gasteiger partial charge in [0.15, 0.2) is 0 Å². The van der Waals surface area contributed by atoms with E-state index in [1.807, 2.05) is 30.3 Å². The number of fused-ring (bicyclic) bond motifs is 1. The van der Waals surface area contributed by atoms with Crippen molar-refractivity contribution >= 4 is 28.3 Å². The Morgan fingerprint density at radius 3 is 2.81 bits per heavy atom. The number of rotatable bonds is 1. The third-order valence-electron chi connectivity index (χ3n) is 4.22. The van der Waals surface area contributed by atoms with E-state index in [2.05, 4.69) is 6.92 Å². The standard InChI is InChI=1S/C17H18ClNO2/c1-11-10-19(9-8-15(11)18)17(21)14-7-6-12-4-2-3-5-13(12)16(14)20/h2-7,11,15,20H,8-10H2,1H3. The van der Waals surface area contributed by atoms with Crippen molar-refractivity contribution in [1.82, 2.24) is 4.90 Å². The molecule has 1 amide bonds. The molecular formula is C17H18ClNO2. The largest absolute Gasteiger partial charge is 0.506 e. The summed E-state index contributed by atoms with van der Waals surface area (Å²) in [5, 5.41) is 12.2. The number of carbonyl (C=O) groups is 1. The number of aromatic hydroxyl groups is 1. The Balaban J connectivity index is 1.93. The minimum absolute atomic E-state index is 0.0683. The Morgan fingerprint density at radius 1 is 1.29 bits per heavy atom. The molecule has 0 spiro atoms. The van der Waals surface area contributed by atoms with Gasteiger partial charge in [-0.3, -0.25) is 4.79 Å². The fourth-order valence-electron chi connectivity index (χ4n) is 2.90. The van der Waals surface area contributed by atoms with E-state index in [0.29, 0.717) is 24.0 Å². The minimum Gasteiger partial charge on any atom is -0.506 e. The van der Waals surface area contributed by atoms with Gasteiger partial charge in [0.05, 0.1) is 5.56 Å². The number of amides is 1. The second-order valence-corrected chi connectivity index (χ2v) is 6.28. The van der Waals surface area contributed by atoms with Gasteiger partial charge in [-0.15, -0.1) is 11.6 Å². The van der Waals surface area contributed by atoms with Gasteiger partial charge in [-0.25, -0.2) is 0 Å². The molecule has 2 aromatic rings. The molecule has 0 bridgehead atoms. The highest BCUT2D eigenvalue weighted by Gasteiger charge is 2.29. The maximum Gasteiger partial charge on any atom is 0.257 e. The molecule has 3 rings (SSSR count). The van der Waals surface area contributed by atoms with Crippen molar-refractivity contribution in [2.24, 2.45) is 5.92 Å². The Hall–Kier alpha value is -1.74. The van der Waals surface area contributed by atoms with Crippen LogP contribution in [0.4, 0.5) is 0 Å². The van der Waals surface area contributed by atoms with Crippen molar-refractivity contribution in [3.8, 4) is 5.75 Å². The molecule has 110 valence electrons. The SMILES string of the molecule is CC1CN(C(=O)c2ccc3ccccc3c2O)CCC1Cl. The molecule has 1 fully saturated rings. The lowest BCUT2D eigenvalue weighted by Gasteiger charge is -2.34. The number of benzene rings is 2. The average molecular weight is 304 g/mol. The Bertz CT molecular complexity index is 686. The Labute approximate surface area is 129 Å². The van der Waals surface area contributed by atoms with Crippen molar-refractivity contribution < 1.29 is 9.90 Å². The highest BCUT2D eigenvalue weighted by atomic mass is 35.5. The van der Waals surface area contributed by atoms with Crippen molar-refractivity contribution in [3.05, 3.63) is 42.0 Å². The van der Waals surface area contributed by atoms with Gasteiger partial charge in [0, 0.05) is 23.9 Å². The summed E-state index contributed by atoms with van der Waals surface area (Å²) in [6.45, 7) is 3.33. The van der Waals surface area contributed by atoms with Crippen LogP contribution >= 0.6 is 11.6 Å². The summed E-state index contributed by atoms with van der Waals surface area (Å²) in [7, 11) is 0. The second-order valence-electron chi connectivity index (χ2n) is 5.72. The molecule has 1 aliphatic heterocycles. The van der Waals surface area contributed by atoms with Crippen LogP contribution in [0, 0.1) is 5.92 Å². The van der Waals surface area contributed by atoms with Gasteiger partial charge >= 0.3 is 0 Å². The predicted molar refractivity (Wildman–Crippen MR) is 84.9 cm³/mol. The van der Waals surface area contributed by atoms with Crippen LogP contribution in [-0.4, -0.2) is 34.4 Å². The molecule has 0 radical (unpaired) electrons. The third kappa shape index (κ3) is 2.58. The molecule has 1 N–H and O–H groups in total. The molecule has 3 nitrogen and oxygen atoms in total. The van der Waals surface area contributed by atoms with Crippen LogP contribution in [0.1, 0.15) is 23.7 Å². The van der Waals surface area contributed by atoms with E-state index in [1.54, 1.807) is 11.0 Å². The number of phenols is 1. The normalized spacial score (nSPS) is 22.5. The zero-order valence-corrected chi connectivity index (χ0v) is 12.7. The van der Waals surface area contributed by atoms with Gasteiger partial charge in [-0.1, -0.05) is 37.3 Å². The number of halogens is 1. The second kappa shape index (κ2) is 5.57.